The highest BCUT2D eigenvalue weighted by Crippen LogP contribution is 2.06. The van der Waals surface area contributed by atoms with E-state index in [0.29, 0.717) is 12.3 Å². The minimum Gasteiger partial charge on any atom is -0.389 e. The lowest BCUT2D eigenvalue weighted by Gasteiger charge is -2.01. The molecule has 2 nitrogen and oxygen atoms in total. The third kappa shape index (κ3) is 6.10. The van der Waals surface area contributed by atoms with E-state index in [2.05, 4.69) is 13.8 Å². The van der Waals surface area contributed by atoms with Crippen LogP contribution in [0.5, 0.6) is 0 Å². The van der Waals surface area contributed by atoms with Gasteiger partial charge in [0, 0.05) is 6.42 Å². The van der Waals surface area contributed by atoms with E-state index in [1.807, 2.05) is 12.2 Å². The average molecular weight is 170 g/mol. The SMILES string of the molecule is CCCC(C)C=CCC(=O)CO. The van der Waals surface area contributed by atoms with Gasteiger partial charge in [-0.05, 0) is 12.3 Å². The van der Waals surface area contributed by atoms with Gasteiger partial charge in [0.05, 0.1) is 0 Å². The fourth-order valence-electron chi connectivity index (χ4n) is 1.05. The highest BCUT2D eigenvalue weighted by atomic mass is 16.3. The summed E-state index contributed by atoms with van der Waals surface area (Å²) in [5, 5.41) is 8.42. The van der Waals surface area contributed by atoms with Crippen LogP contribution in [-0.4, -0.2) is 17.5 Å². The Morgan fingerprint density at radius 3 is 2.75 bits per heavy atom. The number of hydrogen-bond acceptors (Lipinski definition) is 2. The molecule has 0 radical (unpaired) electrons. The third-order valence-electron chi connectivity index (χ3n) is 1.73. The predicted molar refractivity (Wildman–Crippen MR) is 49.9 cm³/mol. The van der Waals surface area contributed by atoms with Gasteiger partial charge in [0.25, 0.3) is 0 Å². The number of aliphatic hydroxyl groups is 1. The average Bonchev–Trinajstić information content (AvgIpc) is 2.04. The third-order valence-corrected chi connectivity index (χ3v) is 1.73. The first-order valence-electron chi connectivity index (χ1n) is 4.50. The fourth-order valence-corrected chi connectivity index (χ4v) is 1.05. The molecule has 0 aromatic rings. The van der Waals surface area contributed by atoms with Crippen LogP contribution in [0, 0.1) is 5.92 Å². The van der Waals surface area contributed by atoms with E-state index in [-0.39, 0.29) is 12.4 Å². The number of carbonyl (C=O) groups excluding carboxylic acids is 1. The molecule has 1 N–H and O–H groups in total. The highest BCUT2D eigenvalue weighted by molar-refractivity contribution is 5.80. The minimum atomic E-state index is -0.341. The molecule has 0 saturated heterocycles. The fraction of sp³-hybridized carbons (Fsp3) is 0.700. The maximum absolute atomic E-state index is 10.6. The standard InChI is InChI=1S/C10H18O2/c1-3-5-9(2)6-4-7-10(12)8-11/h4,6,9,11H,3,5,7-8H2,1-2H3. The molecule has 1 atom stereocenters. The maximum atomic E-state index is 10.6. The quantitative estimate of drug-likeness (QED) is 0.618. The minimum absolute atomic E-state index is 0.116. The summed E-state index contributed by atoms with van der Waals surface area (Å²) < 4.78 is 0. The monoisotopic (exact) mass is 170 g/mol. The molecule has 0 bridgehead atoms. The smallest absolute Gasteiger partial charge is 0.161 e. The molecule has 1 unspecified atom stereocenters. The van der Waals surface area contributed by atoms with E-state index in [9.17, 15) is 4.79 Å². The van der Waals surface area contributed by atoms with Gasteiger partial charge in [-0.1, -0.05) is 32.4 Å². The first-order chi connectivity index (χ1) is 5.70. The molecule has 2 heteroatoms. The zero-order chi connectivity index (χ0) is 9.40. The van der Waals surface area contributed by atoms with E-state index in [4.69, 9.17) is 5.11 Å². The topological polar surface area (TPSA) is 37.3 Å². The molecule has 0 aliphatic carbocycles. The van der Waals surface area contributed by atoms with Crippen molar-refractivity contribution in [1.82, 2.24) is 0 Å². The summed E-state index contributed by atoms with van der Waals surface area (Å²) in [6.45, 7) is 3.93. The lowest BCUT2D eigenvalue weighted by atomic mass is 10.1. The van der Waals surface area contributed by atoms with Crippen LogP contribution in [0.2, 0.25) is 0 Å². The van der Waals surface area contributed by atoms with Crippen molar-refractivity contribution in [2.24, 2.45) is 5.92 Å². The number of hydrogen-bond donors (Lipinski definition) is 1. The van der Waals surface area contributed by atoms with Gasteiger partial charge in [-0.25, -0.2) is 0 Å². The molecule has 0 rings (SSSR count). The number of carbonyl (C=O) groups is 1. The van der Waals surface area contributed by atoms with Crippen LogP contribution in [0.1, 0.15) is 33.1 Å². The summed E-state index contributed by atoms with van der Waals surface area (Å²) in [5.41, 5.74) is 0. The normalized spacial score (nSPS) is 13.6. The number of Topliss-reactive ketones (excluding diaryl/α,β-unsaturated/α-hetero) is 1. The summed E-state index contributed by atoms with van der Waals surface area (Å²) in [6.07, 6.45) is 6.57. The van der Waals surface area contributed by atoms with Crippen LogP contribution in [-0.2, 0) is 4.79 Å². The van der Waals surface area contributed by atoms with E-state index in [0.717, 1.165) is 6.42 Å². The molecule has 0 saturated carbocycles. The van der Waals surface area contributed by atoms with Crippen molar-refractivity contribution in [2.75, 3.05) is 6.61 Å². The number of rotatable bonds is 6. The van der Waals surface area contributed by atoms with Gasteiger partial charge >= 0.3 is 0 Å². The van der Waals surface area contributed by atoms with Crippen molar-refractivity contribution >= 4 is 5.78 Å². The molecule has 70 valence electrons. The molecular formula is C10H18O2. The molecular weight excluding hydrogens is 152 g/mol. The van der Waals surface area contributed by atoms with E-state index in [1.165, 1.54) is 6.42 Å². The van der Waals surface area contributed by atoms with E-state index >= 15 is 0 Å². The van der Waals surface area contributed by atoms with Crippen LogP contribution in [0.3, 0.4) is 0 Å². The second-order valence-corrected chi connectivity index (χ2v) is 3.10. The second-order valence-electron chi connectivity index (χ2n) is 3.10. The Bertz CT molecular complexity index is 150. The van der Waals surface area contributed by atoms with Crippen molar-refractivity contribution < 1.29 is 9.90 Å². The van der Waals surface area contributed by atoms with Gasteiger partial charge in [-0.15, -0.1) is 0 Å². The van der Waals surface area contributed by atoms with Crippen LogP contribution in [0.15, 0.2) is 12.2 Å². The van der Waals surface area contributed by atoms with Gasteiger partial charge in [0.2, 0.25) is 0 Å². The zero-order valence-corrected chi connectivity index (χ0v) is 7.92. The number of aliphatic hydroxyl groups excluding tert-OH is 1. The maximum Gasteiger partial charge on any atom is 0.161 e. The Morgan fingerprint density at radius 2 is 2.25 bits per heavy atom. The van der Waals surface area contributed by atoms with Crippen molar-refractivity contribution in [3.8, 4) is 0 Å². The molecule has 0 aliphatic rings. The number of ketones is 1. The zero-order valence-electron chi connectivity index (χ0n) is 7.92. The summed E-state index contributed by atoms with van der Waals surface area (Å²) in [6, 6.07) is 0. The Balaban J connectivity index is 3.53. The second kappa shape index (κ2) is 7.04. The van der Waals surface area contributed by atoms with Crippen molar-refractivity contribution in [1.29, 1.82) is 0 Å². The van der Waals surface area contributed by atoms with Gasteiger partial charge in [0.15, 0.2) is 5.78 Å². The van der Waals surface area contributed by atoms with Crippen LogP contribution in [0.4, 0.5) is 0 Å². The van der Waals surface area contributed by atoms with Gasteiger partial charge in [-0.3, -0.25) is 4.79 Å². The molecule has 0 aliphatic heterocycles. The molecule has 0 fully saturated rings. The Kier molecular flexibility index (Phi) is 6.67. The molecule has 0 amide bonds. The number of allylic oxidation sites excluding steroid dienone is 2. The molecule has 12 heavy (non-hydrogen) atoms. The van der Waals surface area contributed by atoms with E-state index in [1.54, 1.807) is 0 Å². The Labute approximate surface area is 74.3 Å². The van der Waals surface area contributed by atoms with Gasteiger partial charge in [0.1, 0.15) is 6.61 Å². The molecule has 0 spiro atoms. The summed E-state index contributed by atoms with van der Waals surface area (Å²) in [7, 11) is 0. The van der Waals surface area contributed by atoms with Gasteiger partial charge < -0.3 is 5.11 Å². The summed E-state index contributed by atoms with van der Waals surface area (Å²) in [4.78, 5) is 10.6. The lowest BCUT2D eigenvalue weighted by molar-refractivity contribution is -0.120. The van der Waals surface area contributed by atoms with Crippen molar-refractivity contribution in [3.05, 3.63) is 12.2 Å². The molecule has 0 aromatic heterocycles. The Morgan fingerprint density at radius 1 is 1.58 bits per heavy atom. The van der Waals surface area contributed by atoms with Crippen LogP contribution >= 0.6 is 0 Å². The predicted octanol–water partition coefficient (Wildman–Crippen LogP) is 1.93. The largest absolute Gasteiger partial charge is 0.389 e. The van der Waals surface area contributed by atoms with E-state index < -0.39 is 0 Å². The Hall–Kier alpha value is -0.630. The lowest BCUT2D eigenvalue weighted by Crippen LogP contribution is -2.01. The van der Waals surface area contributed by atoms with Crippen LogP contribution in [0.25, 0.3) is 0 Å². The van der Waals surface area contributed by atoms with Gasteiger partial charge in [-0.2, -0.15) is 0 Å². The van der Waals surface area contributed by atoms with Crippen molar-refractivity contribution in [2.45, 2.75) is 33.1 Å². The summed E-state index contributed by atoms with van der Waals surface area (Å²) in [5.74, 6) is 0.427. The van der Waals surface area contributed by atoms with Crippen LogP contribution < -0.4 is 0 Å². The van der Waals surface area contributed by atoms with Crippen molar-refractivity contribution in [3.63, 3.8) is 0 Å². The molecule has 0 heterocycles. The first kappa shape index (κ1) is 11.4. The first-order valence-corrected chi connectivity index (χ1v) is 4.50. The highest BCUT2D eigenvalue weighted by Gasteiger charge is 1.96. The molecule has 0 aromatic carbocycles. The summed E-state index contributed by atoms with van der Waals surface area (Å²) >= 11 is 0.